The molecule has 1 unspecified atom stereocenters. The molecule has 1 atom stereocenters. The lowest BCUT2D eigenvalue weighted by atomic mass is 9.88. The van der Waals surface area contributed by atoms with E-state index in [4.69, 9.17) is 15.0 Å². The summed E-state index contributed by atoms with van der Waals surface area (Å²) in [5, 5.41) is 3.75. The first kappa shape index (κ1) is 36.4. The summed E-state index contributed by atoms with van der Waals surface area (Å²) < 4.78 is 0. The molecule has 1 aliphatic rings. The molecule has 1 N–H and O–H groups in total. The first-order chi connectivity index (χ1) is 29.7. The van der Waals surface area contributed by atoms with E-state index < -0.39 is 0 Å². The van der Waals surface area contributed by atoms with Crippen LogP contribution in [0.1, 0.15) is 22.9 Å². The van der Waals surface area contributed by atoms with Gasteiger partial charge in [-0.3, -0.25) is 4.99 Å². The Bertz CT molecular complexity index is 2940. The maximum absolute atomic E-state index is 5.27. The van der Waals surface area contributed by atoms with E-state index in [1.165, 1.54) is 0 Å². The van der Waals surface area contributed by atoms with Crippen molar-refractivity contribution < 1.29 is 0 Å². The Morgan fingerprint density at radius 1 is 0.333 bits per heavy atom. The molecule has 4 nitrogen and oxygen atoms in total. The van der Waals surface area contributed by atoms with Crippen molar-refractivity contribution in [2.45, 2.75) is 6.17 Å². The maximum Gasteiger partial charge on any atom is 0.160 e. The molecule has 0 amide bonds. The van der Waals surface area contributed by atoms with Gasteiger partial charge in [0, 0.05) is 22.4 Å². The molecule has 9 aromatic rings. The fourth-order valence-electron chi connectivity index (χ4n) is 7.97. The largest absolute Gasteiger partial charge is 0.360 e. The summed E-state index contributed by atoms with van der Waals surface area (Å²) in [4.78, 5) is 15.4. The highest BCUT2D eigenvalue weighted by Gasteiger charge is 2.21. The van der Waals surface area contributed by atoms with Crippen molar-refractivity contribution in [2.75, 3.05) is 0 Å². The van der Waals surface area contributed by atoms with Crippen LogP contribution < -0.4 is 5.32 Å². The zero-order valence-corrected chi connectivity index (χ0v) is 32.9. The van der Waals surface area contributed by atoms with Crippen LogP contribution in [0.3, 0.4) is 0 Å². The van der Waals surface area contributed by atoms with Crippen molar-refractivity contribution in [1.82, 2.24) is 15.3 Å². The van der Waals surface area contributed by atoms with Gasteiger partial charge in [-0.15, -0.1) is 0 Å². The van der Waals surface area contributed by atoms with Gasteiger partial charge in [-0.05, 0) is 74.3 Å². The van der Waals surface area contributed by atoms with Crippen molar-refractivity contribution in [3.63, 3.8) is 0 Å². The predicted molar refractivity (Wildman–Crippen MR) is 248 cm³/mol. The van der Waals surface area contributed by atoms with Crippen LogP contribution in [0, 0.1) is 0 Å². The van der Waals surface area contributed by atoms with Gasteiger partial charge in [-0.25, -0.2) is 9.97 Å². The summed E-state index contributed by atoms with van der Waals surface area (Å²) in [7, 11) is 0. The second kappa shape index (κ2) is 16.5. The van der Waals surface area contributed by atoms with Crippen LogP contribution in [0.25, 0.3) is 73.0 Å². The average molecular weight is 769 g/mol. The second-order valence-corrected chi connectivity index (χ2v) is 14.8. The number of hydrogen-bond donors (Lipinski definition) is 1. The lowest BCUT2D eigenvalue weighted by Gasteiger charge is -2.25. The van der Waals surface area contributed by atoms with Crippen molar-refractivity contribution >= 4 is 11.4 Å². The van der Waals surface area contributed by atoms with Crippen molar-refractivity contribution in [3.8, 4) is 67.3 Å². The van der Waals surface area contributed by atoms with Gasteiger partial charge in [0.05, 0.1) is 17.1 Å². The molecule has 0 saturated carbocycles. The Labute approximate surface area is 351 Å². The van der Waals surface area contributed by atoms with E-state index in [9.17, 15) is 0 Å². The van der Waals surface area contributed by atoms with Crippen LogP contribution >= 0.6 is 0 Å². The highest BCUT2D eigenvalue weighted by atomic mass is 15.1. The highest BCUT2D eigenvalue weighted by molar-refractivity contribution is 6.13. The number of hydrogen-bond acceptors (Lipinski definition) is 4. The van der Waals surface area contributed by atoms with Gasteiger partial charge in [-0.2, -0.15) is 0 Å². The minimum Gasteiger partial charge on any atom is -0.360 e. The van der Waals surface area contributed by atoms with Crippen LogP contribution in [0.2, 0.25) is 0 Å². The molecule has 60 heavy (non-hydrogen) atoms. The number of nitrogens with one attached hydrogen (secondary N) is 1. The molecule has 0 saturated heterocycles. The first-order valence-electron chi connectivity index (χ1n) is 20.3. The van der Waals surface area contributed by atoms with Crippen LogP contribution in [-0.2, 0) is 0 Å². The van der Waals surface area contributed by atoms with E-state index in [0.29, 0.717) is 5.82 Å². The number of aromatic nitrogens is 2. The Kier molecular flexibility index (Phi) is 10.0. The molecular weight excluding hydrogens is 729 g/mol. The predicted octanol–water partition coefficient (Wildman–Crippen LogP) is 13.6. The standard InChI is InChI=1S/C56H40N4/c1-5-19-39(20-6-1)51-37-52(40-21-7-2-8-22-40)59-56(58-51)46-30-18-28-44(36-46)48-32-14-16-34-50(48)49-33-15-13-31-47(49)43-27-17-29-45(35-43)54-38-53(41-23-9-3-10-24-41)57-55(60-54)42-25-11-4-12-26-42/h1-38,56,58H. The molecular formula is C56H40N4. The number of rotatable bonds is 9. The van der Waals surface area contributed by atoms with Crippen LogP contribution in [0.15, 0.2) is 236 Å². The Morgan fingerprint density at radius 2 is 0.783 bits per heavy atom. The zero-order chi connectivity index (χ0) is 40.1. The minimum atomic E-state index is -0.269. The first-order valence-corrected chi connectivity index (χ1v) is 20.3. The number of nitrogens with zero attached hydrogens (tertiary/aromatic N) is 3. The summed E-state index contributed by atoms with van der Waals surface area (Å²) in [5.41, 5.74) is 17.0. The topological polar surface area (TPSA) is 50.2 Å². The van der Waals surface area contributed by atoms with E-state index in [2.05, 4.69) is 187 Å². The van der Waals surface area contributed by atoms with Gasteiger partial charge in [0.15, 0.2) is 5.82 Å². The number of aliphatic imine (C=N–C) groups is 1. The fraction of sp³-hybridized carbons (Fsp3) is 0.0179. The van der Waals surface area contributed by atoms with Gasteiger partial charge in [0.2, 0.25) is 0 Å². The molecule has 10 rings (SSSR count). The SMILES string of the molecule is C1=C(c2ccccc2)NC(c2cccc(-c3ccccc3-c3ccccc3-c3cccc(-c4cc(-c5ccccc5)nc(-c5ccccc5)n4)c3)c2)N=C1c1ccccc1. The zero-order valence-electron chi connectivity index (χ0n) is 32.9. The van der Waals surface area contributed by atoms with Crippen molar-refractivity contribution in [3.05, 3.63) is 247 Å². The summed E-state index contributed by atoms with van der Waals surface area (Å²) in [6.07, 6.45) is 1.88. The average Bonchev–Trinajstić information content (AvgIpc) is 3.35. The van der Waals surface area contributed by atoms with E-state index >= 15 is 0 Å². The molecule has 1 aromatic heterocycles. The lowest BCUT2D eigenvalue weighted by molar-refractivity contribution is 0.664. The second-order valence-electron chi connectivity index (χ2n) is 14.8. The fourth-order valence-corrected chi connectivity index (χ4v) is 7.97. The Balaban J connectivity index is 1.03. The minimum absolute atomic E-state index is 0.269. The molecule has 0 aliphatic carbocycles. The van der Waals surface area contributed by atoms with Gasteiger partial charge in [-0.1, -0.05) is 206 Å². The third kappa shape index (κ3) is 7.58. The maximum atomic E-state index is 5.27. The van der Waals surface area contributed by atoms with Crippen molar-refractivity contribution in [1.29, 1.82) is 0 Å². The Morgan fingerprint density at radius 3 is 1.40 bits per heavy atom. The summed E-state index contributed by atoms with van der Waals surface area (Å²) in [6.45, 7) is 0. The van der Waals surface area contributed by atoms with Crippen LogP contribution in [0.4, 0.5) is 0 Å². The van der Waals surface area contributed by atoms with Crippen molar-refractivity contribution in [2.24, 2.45) is 4.99 Å². The smallest absolute Gasteiger partial charge is 0.160 e. The molecule has 4 heteroatoms. The van der Waals surface area contributed by atoms with Gasteiger partial charge in [0.25, 0.3) is 0 Å². The number of allylic oxidation sites excluding steroid dienone is 1. The van der Waals surface area contributed by atoms with Crippen LogP contribution in [0.5, 0.6) is 0 Å². The van der Waals surface area contributed by atoms with Crippen LogP contribution in [-0.4, -0.2) is 15.7 Å². The van der Waals surface area contributed by atoms with E-state index in [0.717, 1.165) is 89.6 Å². The van der Waals surface area contributed by atoms with E-state index in [1.54, 1.807) is 0 Å². The summed E-state index contributed by atoms with van der Waals surface area (Å²) in [5.74, 6) is 0.701. The number of benzene rings is 8. The van der Waals surface area contributed by atoms with E-state index in [-0.39, 0.29) is 6.17 Å². The normalized spacial score (nSPS) is 13.5. The molecule has 1 aliphatic heterocycles. The summed E-state index contributed by atoms with van der Waals surface area (Å²) in [6, 6.07) is 78.4. The lowest BCUT2D eigenvalue weighted by Crippen LogP contribution is -2.24. The quantitative estimate of drug-likeness (QED) is 0.159. The molecule has 0 fully saturated rings. The summed E-state index contributed by atoms with van der Waals surface area (Å²) >= 11 is 0. The van der Waals surface area contributed by atoms with Gasteiger partial charge < -0.3 is 5.32 Å². The molecule has 284 valence electrons. The molecule has 8 aromatic carbocycles. The van der Waals surface area contributed by atoms with Gasteiger partial charge >= 0.3 is 0 Å². The van der Waals surface area contributed by atoms with E-state index in [1.807, 2.05) is 48.5 Å². The molecule has 0 spiro atoms. The third-order valence-corrected chi connectivity index (χ3v) is 11.0. The molecule has 0 radical (unpaired) electrons. The molecule has 2 heterocycles. The Hall–Kier alpha value is -7.95. The van der Waals surface area contributed by atoms with Gasteiger partial charge in [0.1, 0.15) is 6.17 Å². The molecule has 0 bridgehead atoms. The third-order valence-electron chi connectivity index (χ3n) is 11.0. The highest BCUT2D eigenvalue weighted by Crippen LogP contribution is 2.40. The monoisotopic (exact) mass is 768 g/mol.